The zero-order valence-electron chi connectivity index (χ0n) is 15.8. The van der Waals surface area contributed by atoms with Gasteiger partial charge in [-0.2, -0.15) is 4.98 Å². The molecule has 1 N–H and O–H groups in total. The lowest BCUT2D eigenvalue weighted by Crippen LogP contribution is -2.20. The third-order valence-corrected chi connectivity index (χ3v) is 4.21. The molecular weight excluding hydrogens is 366 g/mol. The molecule has 4 rings (SSSR count). The number of benzene rings is 3. The maximum atomic E-state index is 12.2. The lowest BCUT2D eigenvalue weighted by Gasteiger charge is -2.08. The van der Waals surface area contributed by atoms with Crippen LogP contribution in [0.1, 0.15) is 5.56 Å². The number of aromatic nitrogens is 2. The highest BCUT2D eigenvalue weighted by Gasteiger charge is 2.12. The van der Waals surface area contributed by atoms with Gasteiger partial charge in [-0.15, -0.1) is 0 Å². The van der Waals surface area contributed by atoms with Gasteiger partial charge < -0.3 is 14.6 Å². The van der Waals surface area contributed by atoms with E-state index in [0.29, 0.717) is 23.2 Å². The van der Waals surface area contributed by atoms with Crippen molar-refractivity contribution in [2.24, 2.45) is 0 Å². The molecule has 0 saturated carbocycles. The third kappa shape index (κ3) is 4.68. The van der Waals surface area contributed by atoms with Crippen LogP contribution in [0.3, 0.4) is 0 Å². The Morgan fingerprint density at radius 2 is 1.76 bits per heavy atom. The number of carbonyl (C=O) groups excluding carboxylic acids is 1. The molecule has 0 saturated heterocycles. The SMILES string of the molecule is Cc1cccc(OCC(=O)Nc2cccc(-c3nc(-c4ccccc4)no3)c2)c1. The van der Waals surface area contributed by atoms with E-state index in [1.54, 1.807) is 12.1 Å². The largest absolute Gasteiger partial charge is 0.484 e. The van der Waals surface area contributed by atoms with Gasteiger partial charge in [0, 0.05) is 16.8 Å². The predicted molar refractivity (Wildman–Crippen MR) is 110 cm³/mol. The maximum absolute atomic E-state index is 12.2. The summed E-state index contributed by atoms with van der Waals surface area (Å²) in [5.74, 6) is 1.31. The van der Waals surface area contributed by atoms with E-state index >= 15 is 0 Å². The number of amides is 1. The van der Waals surface area contributed by atoms with E-state index in [0.717, 1.165) is 16.7 Å². The molecule has 0 radical (unpaired) electrons. The van der Waals surface area contributed by atoms with Gasteiger partial charge in [0.05, 0.1) is 0 Å². The van der Waals surface area contributed by atoms with Crippen LogP contribution in [0, 0.1) is 6.92 Å². The molecule has 6 heteroatoms. The normalized spacial score (nSPS) is 10.5. The number of aryl methyl sites for hydroxylation is 1. The van der Waals surface area contributed by atoms with Crippen LogP contribution in [0.5, 0.6) is 5.75 Å². The van der Waals surface area contributed by atoms with Crippen molar-refractivity contribution in [3.63, 3.8) is 0 Å². The number of ether oxygens (including phenoxy) is 1. The number of nitrogens with one attached hydrogen (secondary N) is 1. The highest BCUT2D eigenvalue weighted by Crippen LogP contribution is 2.24. The zero-order valence-corrected chi connectivity index (χ0v) is 15.8. The quantitative estimate of drug-likeness (QED) is 0.519. The Hall–Kier alpha value is -3.93. The van der Waals surface area contributed by atoms with Crippen molar-refractivity contribution in [2.75, 3.05) is 11.9 Å². The summed E-state index contributed by atoms with van der Waals surface area (Å²) in [6.45, 7) is 1.89. The minimum atomic E-state index is -0.251. The van der Waals surface area contributed by atoms with Crippen LogP contribution in [0.25, 0.3) is 22.8 Å². The van der Waals surface area contributed by atoms with Crippen LogP contribution in [0.2, 0.25) is 0 Å². The second-order valence-electron chi connectivity index (χ2n) is 6.52. The monoisotopic (exact) mass is 385 g/mol. The summed E-state index contributed by atoms with van der Waals surface area (Å²) in [6, 6.07) is 24.4. The highest BCUT2D eigenvalue weighted by molar-refractivity contribution is 5.92. The smallest absolute Gasteiger partial charge is 0.262 e. The molecule has 144 valence electrons. The molecule has 0 fully saturated rings. The number of nitrogens with zero attached hydrogens (tertiary/aromatic N) is 2. The lowest BCUT2D eigenvalue weighted by atomic mass is 10.2. The molecule has 0 atom stereocenters. The minimum absolute atomic E-state index is 0.0770. The van der Waals surface area contributed by atoms with Crippen molar-refractivity contribution in [2.45, 2.75) is 6.92 Å². The van der Waals surface area contributed by atoms with Gasteiger partial charge in [0.2, 0.25) is 5.82 Å². The van der Waals surface area contributed by atoms with E-state index in [2.05, 4.69) is 15.5 Å². The Balaban J connectivity index is 1.42. The lowest BCUT2D eigenvalue weighted by molar-refractivity contribution is -0.118. The van der Waals surface area contributed by atoms with Crippen LogP contribution in [-0.4, -0.2) is 22.7 Å². The molecule has 4 aromatic rings. The molecule has 6 nitrogen and oxygen atoms in total. The van der Waals surface area contributed by atoms with Crippen molar-refractivity contribution in [1.29, 1.82) is 0 Å². The topological polar surface area (TPSA) is 77.2 Å². The van der Waals surface area contributed by atoms with E-state index in [1.807, 2.05) is 73.7 Å². The summed E-state index contributed by atoms with van der Waals surface area (Å²) in [5.41, 5.74) is 3.29. The Kier molecular flexibility index (Phi) is 5.33. The molecule has 0 aliphatic heterocycles. The predicted octanol–water partition coefficient (Wildman–Crippen LogP) is 4.73. The third-order valence-electron chi connectivity index (χ3n) is 4.21. The Morgan fingerprint density at radius 1 is 0.966 bits per heavy atom. The van der Waals surface area contributed by atoms with Crippen molar-refractivity contribution < 1.29 is 14.1 Å². The van der Waals surface area contributed by atoms with Crippen molar-refractivity contribution in [3.8, 4) is 28.6 Å². The molecular formula is C23H19N3O3. The van der Waals surface area contributed by atoms with Crippen LogP contribution in [0.4, 0.5) is 5.69 Å². The summed E-state index contributed by atoms with van der Waals surface area (Å²) in [5, 5.41) is 6.85. The van der Waals surface area contributed by atoms with E-state index in [1.165, 1.54) is 0 Å². The molecule has 0 unspecified atom stereocenters. The second-order valence-corrected chi connectivity index (χ2v) is 6.52. The average molecular weight is 385 g/mol. The molecule has 1 aromatic heterocycles. The first-order valence-corrected chi connectivity index (χ1v) is 9.16. The molecule has 0 spiro atoms. The van der Waals surface area contributed by atoms with Crippen LogP contribution in [-0.2, 0) is 4.79 Å². The molecule has 0 aliphatic carbocycles. The average Bonchev–Trinajstić information content (AvgIpc) is 3.24. The molecule has 0 aliphatic rings. The van der Waals surface area contributed by atoms with Crippen molar-refractivity contribution >= 4 is 11.6 Å². The van der Waals surface area contributed by atoms with Gasteiger partial charge in [-0.25, -0.2) is 0 Å². The van der Waals surface area contributed by atoms with Gasteiger partial charge in [-0.3, -0.25) is 4.79 Å². The fourth-order valence-corrected chi connectivity index (χ4v) is 2.83. The van der Waals surface area contributed by atoms with Gasteiger partial charge >= 0.3 is 0 Å². The van der Waals surface area contributed by atoms with E-state index < -0.39 is 0 Å². The van der Waals surface area contributed by atoms with E-state index in [9.17, 15) is 4.79 Å². The van der Waals surface area contributed by atoms with E-state index in [4.69, 9.17) is 9.26 Å². The van der Waals surface area contributed by atoms with Crippen molar-refractivity contribution in [1.82, 2.24) is 10.1 Å². The second kappa shape index (κ2) is 8.39. The first-order valence-electron chi connectivity index (χ1n) is 9.16. The molecule has 3 aromatic carbocycles. The molecule has 0 bridgehead atoms. The zero-order chi connectivity index (χ0) is 20.1. The number of hydrogen-bond donors (Lipinski definition) is 1. The summed E-state index contributed by atoms with van der Waals surface area (Å²) in [6.07, 6.45) is 0. The summed E-state index contributed by atoms with van der Waals surface area (Å²) < 4.78 is 10.9. The first-order chi connectivity index (χ1) is 14.2. The molecule has 1 heterocycles. The number of hydrogen-bond acceptors (Lipinski definition) is 5. The van der Waals surface area contributed by atoms with Gasteiger partial charge in [-0.05, 0) is 42.8 Å². The Morgan fingerprint density at radius 3 is 2.59 bits per heavy atom. The van der Waals surface area contributed by atoms with Gasteiger partial charge in [0.1, 0.15) is 5.75 Å². The van der Waals surface area contributed by atoms with E-state index in [-0.39, 0.29) is 12.5 Å². The fourth-order valence-electron chi connectivity index (χ4n) is 2.83. The van der Waals surface area contributed by atoms with Crippen LogP contribution < -0.4 is 10.1 Å². The fraction of sp³-hybridized carbons (Fsp3) is 0.0870. The summed E-state index contributed by atoms with van der Waals surface area (Å²) >= 11 is 0. The minimum Gasteiger partial charge on any atom is -0.484 e. The Labute approximate surface area is 168 Å². The number of carbonyl (C=O) groups is 1. The highest BCUT2D eigenvalue weighted by atomic mass is 16.5. The first kappa shape index (κ1) is 18.4. The van der Waals surface area contributed by atoms with Gasteiger partial charge in [0.15, 0.2) is 6.61 Å². The summed E-state index contributed by atoms with van der Waals surface area (Å²) in [7, 11) is 0. The van der Waals surface area contributed by atoms with Crippen LogP contribution in [0.15, 0.2) is 83.4 Å². The maximum Gasteiger partial charge on any atom is 0.262 e. The Bertz CT molecular complexity index is 1120. The van der Waals surface area contributed by atoms with Gasteiger partial charge in [0.25, 0.3) is 11.8 Å². The van der Waals surface area contributed by atoms with Gasteiger partial charge in [-0.1, -0.05) is 53.7 Å². The standard InChI is InChI=1S/C23H19N3O3/c1-16-7-5-12-20(13-16)28-15-21(27)24-19-11-6-10-18(14-19)23-25-22(26-29-23)17-8-3-2-4-9-17/h2-14H,15H2,1H3,(H,24,27). The van der Waals surface area contributed by atoms with Crippen LogP contribution >= 0.6 is 0 Å². The number of rotatable bonds is 6. The summed E-state index contributed by atoms with van der Waals surface area (Å²) in [4.78, 5) is 16.7. The number of anilines is 1. The van der Waals surface area contributed by atoms with Crippen molar-refractivity contribution in [3.05, 3.63) is 84.4 Å². The molecule has 1 amide bonds. The molecule has 29 heavy (non-hydrogen) atoms.